The number of allylic oxidation sites excluding steroid dienone is 2. The highest BCUT2D eigenvalue weighted by Gasteiger charge is 2.31. The molecule has 0 saturated carbocycles. The van der Waals surface area contributed by atoms with Gasteiger partial charge in [0.1, 0.15) is 17.3 Å². The van der Waals surface area contributed by atoms with Crippen LogP contribution in [0.4, 0.5) is 0 Å². The first-order chi connectivity index (χ1) is 17.7. The van der Waals surface area contributed by atoms with Gasteiger partial charge in [0.2, 0.25) is 5.90 Å². The standard InChI is InChI=1S/C28H24N2O5S/c1-32-22-9-8-18(15-19(22)17-30-10-12-33-13-11-30)24-16-21(20-5-2-3-6-23(20)34-24)26-28(31)35-27(29-26)25-7-4-14-36-25/h2-9,14-16H,10-13,17H2,1H3/b26-21-. The largest absolute Gasteiger partial charge is 0.496 e. The van der Waals surface area contributed by atoms with Gasteiger partial charge in [-0.3, -0.25) is 4.90 Å². The minimum atomic E-state index is -0.469. The highest BCUT2D eigenvalue weighted by molar-refractivity contribution is 7.12. The van der Waals surface area contributed by atoms with Gasteiger partial charge in [0, 0.05) is 41.9 Å². The van der Waals surface area contributed by atoms with Gasteiger partial charge in [-0.1, -0.05) is 24.3 Å². The Bertz CT molecular complexity index is 1400. The first-order valence-corrected chi connectivity index (χ1v) is 12.6. The lowest BCUT2D eigenvalue weighted by Crippen LogP contribution is -2.35. The number of hydrogen-bond donors (Lipinski definition) is 0. The van der Waals surface area contributed by atoms with E-state index in [4.69, 9.17) is 18.9 Å². The second kappa shape index (κ2) is 9.73. The maximum atomic E-state index is 12.9. The average Bonchev–Trinajstić information content (AvgIpc) is 3.59. The number of cyclic esters (lactones) is 1. The lowest BCUT2D eigenvalue weighted by atomic mass is 9.97. The van der Waals surface area contributed by atoms with E-state index in [9.17, 15) is 4.79 Å². The highest BCUT2D eigenvalue weighted by Crippen LogP contribution is 2.40. The molecule has 3 aliphatic rings. The van der Waals surface area contributed by atoms with Crippen LogP contribution in [-0.2, 0) is 20.8 Å². The third-order valence-electron chi connectivity index (χ3n) is 6.32. The average molecular weight is 501 g/mol. The van der Waals surface area contributed by atoms with Crippen LogP contribution in [0, 0.1) is 0 Å². The molecule has 0 radical (unpaired) electrons. The molecule has 2 aromatic carbocycles. The van der Waals surface area contributed by atoms with Gasteiger partial charge in [0.15, 0.2) is 5.70 Å². The van der Waals surface area contributed by atoms with Crippen LogP contribution in [0.5, 0.6) is 11.5 Å². The van der Waals surface area contributed by atoms with Crippen molar-refractivity contribution < 1.29 is 23.7 Å². The van der Waals surface area contributed by atoms with Crippen molar-refractivity contribution in [2.24, 2.45) is 4.99 Å². The molecule has 0 bridgehead atoms. The van der Waals surface area contributed by atoms with Crippen molar-refractivity contribution in [2.75, 3.05) is 33.4 Å². The van der Waals surface area contributed by atoms with Gasteiger partial charge in [-0.2, -0.15) is 0 Å². The minimum Gasteiger partial charge on any atom is -0.496 e. The summed E-state index contributed by atoms with van der Waals surface area (Å²) in [5.41, 5.74) is 3.70. The van der Waals surface area contributed by atoms with Gasteiger partial charge < -0.3 is 18.9 Å². The number of hydrogen-bond acceptors (Lipinski definition) is 8. The predicted octanol–water partition coefficient (Wildman–Crippen LogP) is 4.74. The number of aliphatic imine (C=N–C) groups is 1. The summed E-state index contributed by atoms with van der Waals surface area (Å²) in [5.74, 6) is 1.98. The zero-order valence-electron chi connectivity index (χ0n) is 19.7. The molecule has 0 amide bonds. The number of methoxy groups -OCH3 is 1. The first kappa shape index (κ1) is 22.7. The summed E-state index contributed by atoms with van der Waals surface area (Å²) in [6.07, 6.45) is 1.88. The second-order valence-electron chi connectivity index (χ2n) is 8.57. The molecule has 8 heteroatoms. The van der Waals surface area contributed by atoms with E-state index in [0.717, 1.165) is 60.2 Å². The predicted molar refractivity (Wildman–Crippen MR) is 138 cm³/mol. The van der Waals surface area contributed by atoms with Crippen molar-refractivity contribution in [3.63, 3.8) is 0 Å². The van der Waals surface area contributed by atoms with Crippen LogP contribution in [0.1, 0.15) is 21.6 Å². The van der Waals surface area contributed by atoms with Gasteiger partial charge in [0.25, 0.3) is 0 Å². The molecule has 3 aliphatic heterocycles. The van der Waals surface area contributed by atoms with Crippen LogP contribution in [0.2, 0.25) is 0 Å². The topological polar surface area (TPSA) is 69.6 Å². The molecular formula is C28H24N2O5S. The lowest BCUT2D eigenvalue weighted by Gasteiger charge is -2.27. The van der Waals surface area contributed by atoms with E-state index in [1.165, 1.54) is 11.3 Å². The molecule has 182 valence electrons. The van der Waals surface area contributed by atoms with Crippen molar-refractivity contribution in [3.05, 3.63) is 93.3 Å². The number of morpholine rings is 1. The maximum Gasteiger partial charge on any atom is 0.364 e. The molecule has 1 fully saturated rings. The SMILES string of the molecule is COc1ccc(C2=C/C(=C3/N=C(c4cccs4)OC3=O)c3ccccc3O2)cc1CN1CCOCC1. The summed E-state index contributed by atoms with van der Waals surface area (Å²) >= 11 is 1.48. The van der Waals surface area contributed by atoms with Crippen molar-refractivity contribution in [2.45, 2.75) is 6.54 Å². The Hall–Kier alpha value is -3.72. The van der Waals surface area contributed by atoms with E-state index in [1.807, 2.05) is 60.0 Å². The Labute approximate surface area is 212 Å². The van der Waals surface area contributed by atoms with Gasteiger partial charge >= 0.3 is 5.97 Å². The van der Waals surface area contributed by atoms with Crippen LogP contribution in [0.25, 0.3) is 11.3 Å². The second-order valence-corrected chi connectivity index (χ2v) is 9.52. The number of nitrogens with zero attached hydrogens (tertiary/aromatic N) is 2. The van der Waals surface area contributed by atoms with Crippen molar-refractivity contribution in [3.8, 4) is 11.5 Å². The Morgan fingerprint density at radius 1 is 1.06 bits per heavy atom. The Balaban J connectivity index is 1.42. The summed E-state index contributed by atoms with van der Waals surface area (Å²) in [4.78, 5) is 20.6. The van der Waals surface area contributed by atoms with E-state index >= 15 is 0 Å². The minimum absolute atomic E-state index is 0.272. The van der Waals surface area contributed by atoms with Crippen LogP contribution >= 0.6 is 11.3 Å². The fourth-order valence-corrected chi connectivity index (χ4v) is 5.16. The van der Waals surface area contributed by atoms with Gasteiger partial charge in [-0.05, 0) is 41.8 Å². The number of benzene rings is 2. The molecule has 4 heterocycles. The Morgan fingerprint density at radius 3 is 2.72 bits per heavy atom. The summed E-state index contributed by atoms with van der Waals surface area (Å²) in [7, 11) is 1.68. The molecule has 0 spiro atoms. The molecule has 36 heavy (non-hydrogen) atoms. The summed E-state index contributed by atoms with van der Waals surface area (Å²) < 4.78 is 23.0. The highest BCUT2D eigenvalue weighted by atomic mass is 32.1. The lowest BCUT2D eigenvalue weighted by molar-refractivity contribution is -0.129. The monoisotopic (exact) mass is 500 g/mol. The van der Waals surface area contributed by atoms with E-state index in [1.54, 1.807) is 7.11 Å². The Kier molecular flexibility index (Phi) is 6.14. The van der Waals surface area contributed by atoms with E-state index in [2.05, 4.69) is 16.0 Å². The fraction of sp³-hybridized carbons (Fsp3) is 0.214. The van der Waals surface area contributed by atoms with Gasteiger partial charge in [-0.25, -0.2) is 9.79 Å². The van der Waals surface area contributed by atoms with Gasteiger partial charge in [-0.15, -0.1) is 11.3 Å². The van der Waals surface area contributed by atoms with Crippen molar-refractivity contribution in [1.29, 1.82) is 0 Å². The molecule has 0 unspecified atom stereocenters. The fourth-order valence-electron chi connectivity index (χ4n) is 4.51. The number of rotatable bonds is 5. The molecule has 1 saturated heterocycles. The molecule has 0 aliphatic carbocycles. The molecule has 6 rings (SSSR count). The third kappa shape index (κ3) is 4.35. The number of thiophene rings is 1. The number of fused-ring (bicyclic) bond motifs is 1. The summed E-state index contributed by atoms with van der Waals surface area (Å²) in [6.45, 7) is 3.97. The van der Waals surface area contributed by atoms with Crippen LogP contribution in [-0.4, -0.2) is 50.2 Å². The van der Waals surface area contributed by atoms with Crippen molar-refractivity contribution >= 4 is 34.5 Å². The zero-order chi connectivity index (χ0) is 24.5. The van der Waals surface area contributed by atoms with Crippen LogP contribution < -0.4 is 9.47 Å². The number of carbonyl (C=O) groups is 1. The quantitative estimate of drug-likeness (QED) is 0.373. The maximum absolute atomic E-state index is 12.9. The summed E-state index contributed by atoms with van der Waals surface area (Å²) in [6, 6.07) is 17.5. The van der Waals surface area contributed by atoms with E-state index in [-0.39, 0.29) is 5.70 Å². The molecule has 0 atom stereocenters. The molecular weight excluding hydrogens is 476 g/mol. The van der Waals surface area contributed by atoms with Crippen molar-refractivity contribution in [1.82, 2.24) is 4.90 Å². The number of carbonyl (C=O) groups excluding carboxylic acids is 1. The normalized spacial score (nSPS) is 19.8. The van der Waals surface area contributed by atoms with Gasteiger partial charge in [0.05, 0.1) is 25.2 Å². The van der Waals surface area contributed by atoms with E-state index < -0.39 is 5.97 Å². The smallest absolute Gasteiger partial charge is 0.364 e. The molecule has 0 N–H and O–H groups in total. The van der Waals surface area contributed by atoms with Crippen LogP contribution in [0.3, 0.4) is 0 Å². The van der Waals surface area contributed by atoms with Crippen LogP contribution in [0.15, 0.2) is 76.7 Å². The van der Waals surface area contributed by atoms with E-state index in [0.29, 0.717) is 23.0 Å². The Morgan fingerprint density at radius 2 is 1.92 bits per heavy atom. The molecule has 7 nitrogen and oxygen atoms in total. The number of para-hydroxylation sites is 1. The summed E-state index contributed by atoms with van der Waals surface area (Å²) in [5, 5.41) is 1.93. The zero-order valence-corrected chi connectivity index (χ0v) is 20.5. The third-order valence-corrected chi connectivity index (χ3v) is 7.18. The first-order valence-electron chi connectivity index (χ1n) is 11.7. The number of esters is 1. The molecule has 3 aromatic rings. The molecule has 1 aromatic heterocycles. The number of ether oxygens (including phenoxy) is 4.